The van der Waals surface area contributed by atoms with Crippen LogP contribution in [0.15, 0.2) is 30.3 Å². The molecule has 1 N–H and O–H groups in total. The van der Waals surface area contributed by atoms with E-state index in [1.54, 1.807) is 11.3 Å². The minimum atomic E-state index is 0.494. The van der Waals surface area contributed by atoms with Crippen molar-refractivity contribution in [2.24, 2.45) is 5.92 Å². The van der Waals surface area contributed by atoms with Gasteiger partial charge in [-0.15, -0.1) is 11.3 Å². The molecular formula is C17H24N2S. The summed E-state index contributed by atoms with van der Waals surface area (Å²) in [6.45, 7) is 9.80. The molecule has 0 radical (unpaired) electrons. The lowest BCUT2D eigenvalue weighted by molar-refractivity contribution is 0.651. The zero-order valence-corrected chi connectivity index (χ0v) is 13.6. The quantitative estimate of drug-likeness (QED) is 0.820. The van der Waals surface area contributed by atoms with E-state index >= 15 is 0 Å². The number of anilines is 1. The first-order valence-electron chi connectivity index (χ1n) is 7.31. The monoisotopic (exact) mass is 288 g/mol. The number of aryl methyl sites for hydroxylation is 1. The Labute approximate surface area is 126 Å². The molecule has 1 aromatic heterocycles. The predicted molar refractivity (Wildman–Crippen MR) is 88.7 cm³/mol. The van der Waals surface area contributed by atoms with Crippen molar-refractivity contribution in [3.05, 3.63) is 46.5 Å². The van der Waals surface area contributed by atoms with E-state index in [2.05, 4.69) is 68.3 Å². The molecule has 1 heterocycles. The van der Waals surface area contributed by atoms with E-state index in [9.17, 15) is 0 Å². The van der Waals surface area contributed by atoms with Crippen molar-refractivity contribution in [3.8, 4) is 0 Å². The predicted octanol–water partition coefficient (Wildman–Crippen LogP) is 4.87. The summed E-state index contributed by atoms with van der Waals surface area (Å²) in [6, 6.07) is 10.6. The standard InChI is InChI=1S/C17H24N2S/c1-12(2)10-16-14(4)19-17(20-16)18-11-13(3)15-8-6-5-7-9-15/h5-9,12-13H,10-11H2,1-4H3,(H,18,19). The molecule has 0 saturated carbocycles. The summed E-state index contributed by atoms with van der Waals surface area (Å²) in [5.74, 6) is 1.18. The fourth-order valence-electron chi connectivity index (χ4n) is 2.20. The van der Waals surface area contributed by atoms with Gasteiger partial charge in [0.1, 0.15) is 0 Å². The Morgan fingerprint density at radius 2 is 1.85 bits per heavy atom. The third-order valence-electron chi connectivity index (χ3n) is 3.41. The van der Waals surface area contributed by atoms with Gasteiger partial charge in [0.25, 0.3) is 0 Å². The van der Waals surface area contributed by atoms with Gasteiger partial charge in [-0.3, -0.25) is 0 Å². The highest BCUT2D eigenvalue weighted by atomic mass is 32.1. The van der Waals surface area contributed by atoms with Gasteiger partial charge in [-0.1, -0.05) is 51.1 Å². The first-order chi connectivity index (χ1) is 9.56. The van der Waals surface area contributed by atoms with Crippen molar-refractivity contribution >= 4 is 16.5 Å². The number of nitrogens with one attached hydrogen (secondary N) is 1. The topological polar surface area (TPSA) is 24.9 Å². The Bertz CT molecular complexity index is 531. The van der Waals surface area contributed by atoms with Crippen molar-refractivity contribution in [2.45, 2.75) is 40.0 Å². The molecule has 0 amide bonds. The van der Waals surface area contributed by atoms with Crippen LogP contribution in [-0.2, 0) is 6.42 Å². The number of hydrogen-bond acceptors (Lipinski definition) is 3. The summed E-state index contributed by atoms with van der Waals surface area (Å²) in [5, 5.41) is 4.54. The zero-order chi connectivity index (χ0) is 14.5. The van der Waals surface area contributed by atoms with Crippen LogP contribution in [-0.4, -0.2) is 11.5 Å². The van der Waals surface area contributed by atoms with Crippen LogP contribution in [0, 0.1) is 12.8 Å². The maximum atomic E-state index is 4.64. The minimum Gasteiger partial charge on any atom is -0.361 e. The van der Waals surface area contributed by atoms with E-state index in [0.717, 1.165) is 18.1 Å². The first-order valence-corrected chi connectivity index (χ1v) is 8.13. The lowest BCUT2D eigenvalue weighted by Crippen LogP contribution is -2.09. The molecule has 0 aliphatic heterocycles. The molecule has 108 valence electrons. The van der Waals surface area contributed by atoms with Gasteiger partial charge in [0.15, 0.2) is 5.13 Å². The first kappa shape index (κ1) is 15.0. The molecule has 0 bridgehead atoms. The Hall–Kier alpha value is -1.35. The Kier molecular flexibility index (Phi) is 5.18. The number of nitrogens with zero attached hydrogens (tertiary/aromatic N) is 1. The number of rotatable bonds is 6. The molecule has 0 aliphatic carbocycles. The van der Waals surface area contributed by atoms with E-state index < -0.39 is 0 Å². The van der Waals surface area contributed by atoms with Crippen molar-refractivity contribution < 1.29 is 0 Å². The third-order valence-corrected chi connectivity index (χ3v) is 4.55. The van der Waals surface area contributed by atoms with Crippen LogP contribution in [0.3, 0.4) is 0 Å². The van der Waals surface area contributed by atoms with E-state index in [0.29, 0.717) is 11.8 Å². The molecule has 20 heavy (non-hydrogen) atoms. The summed E-state index contributed by atoms with van der Waals surface area (Å²) < 4.78 is 0. The number of thiazole rings is 1. The smallest absolute Gasteiger partial charge is 0.183 e. The largest absolute Gasteiger partial charge is 0.361 e. The van der Waals surface area contributed by atoms with Crippen LogP contribution in [0.2, 0.25) is 0 Å². The van der Waals surface area contributed by atoms with Crippen LogP contribution in [0.4, 0.5) is 5.13 Å². The van der Waals surface area contributed by atoms with Crippen molar-refractivity contribution in [2.75, 3.05) is 11.9 Å². The van der Waals surface area contributed by atoms with Gasteiger partial charge in [0.2, 0.25) is 0 Å². The summed E-state index contributed by atoms with van der Waals surface area (Å²) in [7, 11) is 0. The molecule has 3 heteroatoms. The second-order valence-corrected chi connectivity index (χ2v) is 6.90. The molecule has 0 fully saturated rings. The van der Waals surface area contributed by atoms with Crippen molar-refractivity contribution in [1.29, 1.82) is 0 Å². The Morgan fingerprint density at radius 3 is 2.50 bits per heavy atom. The van der Waals surface area contributed by atoms with Gasteiger partial charge in [-0.2, -0.15) is 0 Å². The van der Waals surface area contributed by atoms with Gasteiger partial charge >= 0.3 is 0 Å². The van der Waals surface area contributed by atoms with Crippen LogP contribution in [0.25, 0.3) is 0 Å². The SMILES string of the molecule is Cc1nc(NCC(C)c2ccccc2)sc1CC(C)C. The lowest BCUT2D eigenvalue weighted by atomic mass is 10.0. The van der Waals surface area contributed by atoms with Gasteiger partial charge in [0, 0.05) is 11.4 Å². The number of benzene rings is 1. The number of aromatic nitrogens is 1. The van der Waals surface area contributed by atoms with Gasteiger partial charge in [0.05, 0.1) is 5.69 Å². The molecular weight excluding hydrogens is 264 g/mol. The molecule has 2 rings (SSSR count). The van der Waals surface area contributed by atoms with Crippen LogP contribution in [0.5, 0.6) is 0 Å². The summed E-state index contributed by atoms with van der Waals surface area (Å²) in [5.41, 5.74) is 2.55. The normalized spacial score (nSPS) is 12.7. The molecule has 1 unspecified atom stereocenters. The van der Waals surface area contributed by atoms with E-state index in [4.69, 9.17) is 0 Å². The van der Waals surface area contributed by atoms with Gasteiger partial charge in [-0.05, 0) is 30.7 Å². The molecule has 0 saturated heterocycles. The summed E-state index contributed by atoms with van der Waals surface area (Å²) in [6.07, 6.45) is 1.12. The maximum Gasteiger partial charge on any atom is 0.183 e. The van der Waals surface area contributed by atoms with Crippen LogP contribution < -0.4 is 5.32 Å². The van der Waals surface area contributed by atoms with Crippen molar-refractivity contribution in [3.63, 3.8) is 0 Å². The van der Waals surface area contributed by atoms with E-state index in [1.165, 1.54) is 16.1 Å². The van der Waals surface area contributed by atoms with Crippen LogP contribution >= 0.6 is 11.3 Å². The Balaban J connectivity index is 1.94. The maximum absolute atomic E-state index is 4.64. The van der Waals surface area contributed by atoms with Crippen molar-refractivity contribution in [1.82, 2.24) is 4.98 Å². The van der Waals surface area contributed by atoms with E-state index in [1.807, 2.05) is 0 Å². The second kappa shape index (κ2) is 6.89. The molecule has 1 aromatic carbocycles. The molecule has 0 aliphatic rings. The zero-order valence-electron chi connectivity index (χ0n) is 12.8. The molecule has 2 nitrogen and oxygen atoms in total. The summed E-state index contributed by atoms with van der Waals surface area (Å²) >= 11 is 1.80. The third kappa shape index (κ3) is 4.07. The lowest BCUT2D eigenvalue weighted by Gasteiger charge is -2.12. The van der Waals surface area contributed by atoms with Gasteiger partial charge < -0.3 is 5.32 Å². The van der Waals surface area contributed by atoms with Gasteiger partial charge in [-0.25, -0.2) is 4.98 Å². The highest BCUT2D eigenvalue weighted by Crippen LogP contribution is 2.26. The molecule has 2 aromatic rings. The highest BCUT2D eigenvalue weighted by molar-refractivity contribution is 7.15. The second-order valence-electron chi connectivity index (χ2n) is 5.82. The van der Waals surface area contributed by atoms with Crippen LogP contribution in [0.1, 0.15) is 42.8 Å². The highest BCUT2D eigenvalue weighted by Gasteiger charge is 2.10. The van der Waals surface area contributed by atoms with E-state index in [-0.39, 0.29) is 0 Å². The minimum absolute atomic E-state index is 0.494. The summed E-state index contributed by atoms with van der Waals surface area (Å²) in [4.78, 5) is 6.05. The average Bonchev–Trinajstić information content (AvgIpc) is 2.77. The average molecular weight is 288 g/mol. The molecule has 0 spiro atoms. The fraction of sp³-hybridized carbons (Fsp3) is 0.471. The Morgan fingerprint density at radius 1 is 1.15 bits per heavy atom. The number of hydrogen-bond donors (Lipinski definition) is 1. The fourth-order valence-corrected chi connectivity index (χ4v) is 3.39. The molecule has 1 atom stereocenters.